The predicted molar refractivity (Wildman–Crippen MR) is 154 cm³/mol. The molecule has 5 rings (SSSR count). The van der Waals surface area contributed by atoms with Gasteiger partial charge < -0.3 is 25.6 Å². The number of methoxy groups -OCH3 is 1. The zero-order chi connectivity index (χ0) is 27.6. The van der Waals surface area contributed by atoms with Gasteiger partial charge in [0, 0.05) is 43.3 Å². The Morgan fingerprint density at radius 3 is 2.54 bits per heavy atom. The number of nitrogens with zero attached hydrogens (tertiary/aromatic N) is 3. The second kappa shape index (κ2) is 10.9. The van der Waals surface area contributed by atoms with Gasteiger partial charge >= 0.3 is 0 Å². The average molecular weight is 550 g/mol. The summed E-state index contributed by atoms with van der Waals surface area (Å²) in [7, 11) is -1.96. The molecule has 0 unspecified atom stereocenters. The van der Waals surface area contributed by atoms with E-state index in [1.165, 1.54) is 6.20 Å². The van der Waals surface area contributed by atoms with Crippen molar-refractivity contribution in [3.05, 3.63) is 65.1 Å². The molecule has 3 heterocycles. The molecular formula is C27H31N7O4S. The molecule has 1 aliphatic heterocycles. The molecule has 1 saturated heterocycles. The SMILES string of the molecule is COc1cc(N2CCNCC2)ccc1Nc1nc(Nc2ccccc2S(=O)(=O)C(C)C)cc2cn[nH]c(=O)c12. The second-order valence-corrected chi connectivity index (χ2v) is 12.0. The number of benzene rings is 2. The van der Waals surface area contributed by atoms with Gasteiger partial charge in [0.05, 0.1) is 40.2 Å². The summed E-state index contributed by atoms with van der Waals surface area (Å²) in [6.45, 7) is 6.90. The predicted octanol–water partition coefficient (Wildman–Crippen LogP) is 3.41. The van der Waals surface area contributed by atoms with Crippen molar-refractivity contribution in [1.29, 1.82) is 0 Å². The van der Waals surface area contributed by atoms with Gasteiger partial charge in [0.15, 0.2) is 9.84 Å². The quantitative estimate of drug-likeness (QED) is 0.258. The number of pyridine rings is 1. The van der Waals surface area contributed by atoms with Crippen molar-refractivity contribution in [2.45, 2.75) is 24.0 Å². The lowest BCUT2D eigenvalue weighted by atomic mass is 10.2. The van der Waals surface area contributed by atoms with Gasteiger partial charge in [-0.15, -0.1) is 0 Å². The smallest absolute Gasteiger partial charge is 0.275 e. The van der Waals surface area contributed by atoms with E-state index in [0.29, 0.717) is 33.7 Å². The summed E-state index contributed by atoms with van der Waals surface area (Å²) < 4.78 is 31.6. The third-order valence-electron chi connectivity index (χ3n) is 6.64. The molecule has 0 radical (unpaired) electrons. The van der Waals surface area contributed by atoms with E-state index in [4.69, 9.17) is 4.74 Å². The molecule has 0 atom stereocenters. The molecule has 39 heavy (non-hydrogen) atoms. The molecule has 0 spiro atoms. The number of H-pyrrole nitrogens is 1. The lowest BCUT2D eigenvalue weighted by Crippen LogP contribution is -2.43. The van der Waals surface area contributed by atoms with E-state index in [2.05, 4.69) is 36.0 Å². The highest BCUT2D eigenvalue weighted by molar-refractivity contribution is 7.92. The van der Waals surface area contributed by atoms with Crippen molar-refractivity contribution >= 4 is 49.3 Å². The molecule has 0 amide bonds. The highest BCUT2D eigenvalue weighted by Gasteiger charge is 2.23. The van der Waals surface area contributed by atoms with Crippen molar-refractivity contribution in [3.63, 3.8) is 0 Å². The Morgan fingerprint density at radius 2 is 1.79 bits per heavy atom. The third kappa shape index (κ3) is 5.38. The summed E-state index contributed by atoms with van der Waals surface area (Å²) >= 11 is 0. The van der Waals surface area contributed by atoms with E-state index in [0.717, 1.165) is 31.9 Å². The summed E-state index contributed by atoms with van der Waals surface area (Å²) in [6.07, 6.45) is 1.52. The van der Waals surface area contributed by atoms with Gasteiger partial charge in [0.2, 0.25) is 0 Å². The summed E-state index contributed by atoms with van der Waals surface area (Å²) in [6, 6.07) is 14.2. The first-order chi connectivity index (χ1) is 18.8. The van der Waals surface area contributed by atoms with Crippen molar-refractivity contribution in [2.24, 2.45) is 0 Å². The number of para-hydroxylation sites is 1. The van der Waals surface area contributed by atoms with Crippen molar-refractivity contribution in [2.75, 3.05) is 48.8 Å². The minimum atomic E-state index is -3.56. The van der Waals surface area contributed by atoms with Gasteiger partial charge in [-0.3, -0.25) is 4.79 Å². The van der Waals surface area contributed by atoms with Gasteiger partial charge in [-0.1, -0.05) is 12.1 Å². The number of anilines is 5. The average Bonchev–Trinajstić information content (AvgIpc) is 2.94. The molecule has 12 heteroatoms. The summed E-state index contributed by atoms with van der Waals surface area (Å²) in [5.74, 6) is 1.22. The Bertz CT molecular complexity index is 1660. The number of hydrogen-bond donors (Lipinski definition) is 4. The number of nitrogens with one attached hydrogen (secondary N) is 4. The van der Waals surface area contributed by atoms with Crippen LogP contribution < -0.4 is 31.1 Å². The van der Waals surface area contributed by atoms with Crippen LogP contribution in [0.4, 0.5) is 28.7 Å². The monoisotopic (exact) mass is 549 g/mol. The van der Waals surface area contributed by atoms with Crippen LogP contribution in [0.25, 0.3) is 10.8 Å². The molecule has 4 aromatic rings. The molecular weight excluding hydrogens is 518 g/mol. The van der Waals surface area contributed by atoms with E-state index >= 15 is 0 Å². The summed E-state index contributed by atoms with van der Waals surface area (Å²) in [5.41, 5.74) is 1.64. The fraction of sp³-hybridized carbons (Fsp3) is 0.296. The van der Waals surface area contributed by atoms with Crippen LogP contribution in [0.2, 0.25) is 0 Å². The van der Waals surface area contributed by atoms with E-state index < -0.39 is 20.6 Å². The van der Waals surface area contributed by atoms with Gasteiger partial charge in [-0.25, -0.2) is 18.5 Å². The second-order valence-electron chi connectivity index (χ2n) is 9.48. The van der Waals surface area contributed by atoms with Crippen LogP contribution >= 0.6 is 0 Å². The molecule has 1 fully saturated rings. The van der Waals surface area contributed by atoms with E-state index in [1.807, 2.05) is 18.2 Å². The van der Waals surface area contributed by atoms with Gasteiger partial charge in [-0.2, -0.15) is 5.10 Å². The van der Waals surface area contributed by atoms with Gasteiger partial charge in [0.25, 0.3) is 5.56 Å². The Balaban J connectivity index is 1.55. The minimum Gasteiger partial charge on any atom is -0.494 e. The number of sulfone groups is 1. The fourth-order valence-corrected chi connectivity index (χ4v) is 5.72. The molecule has 4 N–H and O–H groups in total. The fourth-order valence-electron chi connectivity index (χ4n) is 4.52. The zero-order valence-corrected chi connectivity index (χ0v) is 22.8. The molecule has 0 bridgehead atoms. The van der Waals surface area contributed by atoms with Gasteiger partial charge in [0.1, 0.15) is 17.4 Å². The van der Waals surface area contributed by atoms with Crippen molar-refractivity contribution < 1.29 is 13.2 Å². The molecule has 0 saturated carbocycles. The van der Waals surface area contributed by atoms with E-state index in [-0.39, 0.29) is 10.7 Å². The number of aromatic nitrogens is 3. The maximum Gasteiger partial charge on any atom is 0.275 e. The summed E-state index contributed by atoms with van der Waals surface area (Å²) in [4.78, 5) is 19.9. The maximum atomic E-state index is 13.0. The topological polar surface area (TPSA) is 141 Å². The van der Waals surface area contributed by atoms with E-state index in [9.17, 15) is 13.2 Å². The number of fused-ring (bicyclic) bond motifs is 1. The molecule has 2 aromatic carbocycles. The standard InChI is InChI=1S/C27H31N7O4S/c1-17(2)39(36,37)23-7-5-4-6-21(23)30-24-14-18-16-29-33-27(35)25(18)26(32-24)31-20-9-8-19(15-22(20)38-3)34-12-10-28-11-13-34/h4-9,14-17,28H,10-13H2,1-3H3,(H,33,35)(H2,30,31,32). The first-order valence-corrected chi connectivity index (χ1v) is 14.2. The largest absolute Gasteiger partial charge is 0.494 e. The van der Waals surface area contributed by atoms with Crippen LogP contribution in [0.15, 0.2) is 64.4 Å². The van der Waals surface area contributed by atoms with Crippen LogP contribution in [0.1, 0.15) is 13.8 Å². The minimum absolute atomic E-state index is 0.172. The number of hydrogen-bond acceptors (Lipinski definition) is 10. The lowest BCUT2D eigenvalue weighted by molar-refractivity contribution is 0.416. The first kappa shape index (κ1) is 26.4. The van der Waals surface area contributed by atoms with Crippen LogP contribution in [-0.2, 0) is 9.84 Å². The molecule has 1 aliphatic rings. The van der Waals surface area contributed by atoms with Crippen LogP contribution in [0.5, 0.6) is 5.75 Å². The molecule has 204 valence electrons. The van der Waals surface area contributed by atoms with E-state index in [1.54, 1.807) is 51.3 Å². The Morgan fingerprint density at radius 1 is 1.03 bits per heavy atom. The Labute approximate surface area is 226 Å². The number of rotatable bonds is 8. The molecule has 11 nitrogen and oxygen atoms in total. The zero-order valence-electron chi connectivity index (χ0n) is 22.0. The normalized spacial score (nSPS) is 14.0. The van der Waals surface area contributed by atoms with Gasteiger partial charge in [-0.05, 0) is 44.2 Å². The van der Waals surface area contributed by atoms with Crippen molar-refractivity contribution in [1.82, 2.24) is 20.5 Å². The summed E-state index contributed by atoms with van der Waals surface area (Å²) in [5, 5.41) is 16.4. The van der Waals surface area contributed by atoms with Crippen LogP contribution in [0, 0.1) is 0 Å². The van der Waals surface area contributed by atoms with Crippen LogP contribution in [-0.4, -0.2) is 62.1 Å². The first-order valence-electron chi connectivity index (χ1n) is 12.7. The maximum absolute atomic E-state index is 13.0. The number of ether oxygens (including phenoxy) is 1. The molecule has 2 aromatic heterocycles. The Kier molecular flexibility index (Phi) is 7.40. The number of piperazine rings is 1. The lowest BCUT2D eigenvalue weighted by Gasteiger charge is -2.30. The number of aromatic amines is 1. The third-order valence-corrected chi connectivity index (χ3v) is 8.85. The highest BCUT2D eigenvalue weighted by atomic mass is 32.2. The molecule has 0 aliphatic carbocycles. The highest BCUT2D eigenvalue weighted by Crippen LogP contribution is 2.35. The van der Waals surface area contributed by atoms with Crippen molar-refractivity contribution in [3.8, 4) is 5.75 Å². The van der Waals surface area contributed by atoms with Crippen LogP contribution in [0.3, 0.4) is 0 Å². The Hall–Kier alpha value is -4.16.